The summed E-state index contributed by atoms with van der Waals surface area (Å²) in [4.78, 5) is 11.1. The van der Waals surface area contributed by atoms with Gasteiger partial charge in [-0.25, -0.2) is 0 Å². The highest BCUT2D eigenvalue weighted by molar-refractivity contribution is 5.69. The minimum absolute atomic E-state index is 0.154. The van der Waals surface area contributed by atoms with Crippen LogP contribution in [0.1, 0.15) is 24.0 Å². The van der Waals surface area contributed by atoms with E-state index in [9.17, 15) is 4.79 Å². The molecule has 2 unspecified atom stereocenters. The molecule has 1 aromatic carbocycles. The van der Waals surface area contributed by atoms with Crippen molar-refractivity contribution in [1.29, 1.82) is 0 Å². The van der Waals surface area contributed by atoms with Gasteiger partial charge in [-0.1, -0.05) is 31.2 Å². The highest BCUT2D eigenvalue weighted by Gasteiger charge is 2.43. The Balaban J connectivity index is 2.47. The van der Waals surface area contributed by atoms with Gasteiger partial charge in [0.15, 0.2) is 6.29 Å². The minimum atomic E-state index is -0.635. The van der Waals surface area contributed by atoms with Crippen molar-refractivity contribution in [3.63, 3.8) is 0 Å². The minimum Gasteiger partial charge on any atom is -0.370 e. The standard InChI is InChI=1S/C12H14O2/c1-9-11-6-4-3-5-10(11)7-12(9,8-13)14-2/h3-6,8-9H,7H2,1-2H3. The first-order valence-corrected chi connectivity index (χ1v) is 4.83. The van der Waals surface area contributed by atoms with Crippen LogP contribution in [0.5, 0.6) is 0 Å². The Kier molecular flexibility index (Phi) is 2.16. The van der Waals surface area contributed by atoms with Crippen molar-refractivity contribution in [1.82, 2.24) is 0 Å². The molecule has 0 heterocycles. The molecule has 2 rings (SSSR count). The predicted molar refractivity (Wildman–Crippen MR) is 54.4 cm³/mol. The quantitative estimate of drug-likeness (QED) is 0.666. The number of carbonyl (C=O) groups excluding carboxylic acids is 1. The van der Waals surface area contributed by atoms with Crippen LogP contribution >= 0.6 is 0 Å². The van der Waals surface area contributed by atoms with Crippen LogP contribution in [0.2, 0.25) is 0 Å². The maximum atomic E-state index is 11.1. The summed E-state index contributed by atoms with van der Waals surface area (Å²) in [6.07, 6.45) is 1.64. The molecule has 1 aliphatic carbocycles. The monoisotopic (exact) mass is 190 g/mol. The lowest BCUT2D eigenvalue weighted by Crippen LogP contribution is -2.36. The van der Waals surface area contributed by atoms with E-state index in [1.54, 1.807) is 7.11 Å². The van der Waals surface area contributed by atoms with Gasteiger partial charge in [-0.05, 0) is 11.1 Å². The number of benzene rings is 1. The second-order valence-electron chi connectivity index (χ2n) is 3.87. The first kappa shape index (κ1) is 9.41. The van der Waals surface area contributed by atoms with Crippen LogP contribution < -0.4 is 0 Å². The topological polar surface area (TPSA) is 26.3 Å². The summed E-state index contributed by atoms with van der Waals surface area (Å²) in [5, 5.41) is 0. The number of methoxy groups -OCH3 is 1. The van der Waals surface area contributed by atoms with E-state index in [1.165, 1.54) is 11.1 Å². The summed E-state index contributed by atoms with van der Waals surface area (Å²) >= 11 is 0. The molecular weight excluding hydrogens is 176 g/mol. The van der Waals surface area contributed by atoms with Crippen molar-refractivity contribution in [3.8, 4) is 0 Å². The van der Waals surface area contributed by atoms with Gasteiger partial charge in [-0.15, -0.1) is 0 Å². The number of fused-ring (bicyclic) bond motifs is 1. The SMILES string of the molecule is COC1(C=O)Cc2ccccc2C1C. The lowest BCUT2D eigenvalue weighted by atomic mass is 9.91. The van der Waals surface area contributed by atoms with Gasteiger partial charge in [0.05, 0.1) is 0 Å². The maximum absolute atomic E-state index is 11.1. The molecule has 0 fully saturated rings. The summed E-state index contributed by atoms with van der Waals surface area (Å²) in [5.41, 5.74) is 1.83. The van der Waals surface area contributed by atoms with E-state index in [-0.39, 0.29) is 5.92 Å². The molecule has 0 N–H and O–H groups in total. The molecule has 74 valence electrons. The van der Waals surface area contributed by atoms with Crippen molar-refractivity contribution in [2.45, 2.75) is 24.9 Å². The summed E-state index contributed by atoms with van der Waals surface area (Å²) in [5.74, 6) is 0.154. The van der Waals surface area contributed by atoms with Gasteiger partial charge in [0.1, 0.15) is 5.60 Å². The normalized spacial score (nSPS) is 30.0. The zero-order chi connectivity index (χ0) is 10.2. The van der Waals surface area contributed by atoms with Crippen LogP contribution in [0.25, 0.3) is 0 Å². The Morgan fingerprint density at radius 3 is 2.79 bits per heavy atom. The molecule has 0 saturated heterocycles. The highest BCUT2D eigenvalue weighted by atomic mass is 16.5. The molecule has 1 aromatic rings. The fraction of sp³-hybridized carbons (Fsp3) is 0.417. The second-order valence-corrected chi connectivity index (χ2v) is 3.87. The number of hydrogen-bond acceptors (Lipinski definition) is 2. The van der Waals surface area contributed by atoms with Gasteiger partial charge in [0.25, 0.3) is 0 Å². The van der Waals surface area contributed by atoms with Crippen molar-refractivity contribution in [2.75, 3.05) is 7.11 Å². The van der Waals surface area contributed by atoms with E-state index >= 15 is 0 Å². The zero-order valence-corrected chi connectivity index (χ0v) is 8.49. The third-order valence-electron chi connectivity index (χ3n) is 3.30. The Morgan fingerprint density at radius 1 is 1.50 bits per heavy atom. The first-order valence-electron chi connectivity index (χ1n) is 4.83. The summed E-state index contributed by atoms with van der Waals surface area (Å²) in [6, 6.07) is 8.15. The Labute approximate surface area is 83.9 Å². The van der Waals surface area contributed by atoms with E-state index < -0.39 is 5.60 Å². The Bertz CT molecular complexity index is 359. The molecule has 1 aliphatic rings. The van der Waals surface area contributed by atoms with Crippen LogP contribution in [0.3, 0.4) is 0 Å². The van der Waals surface area contributed by atoms with Gasteiger partial charge in [0, 0.05) is 19.4 Å². The van der Waals surface area contributed by atoms with Crippen molar-refractivity contribution >= 4 is 6.29 Å². The van der Waals surface area contributed by atoms with E-state index in [0.29, 0.717) is 6.42 Å². The number of carbonyl (C=O) groups is 1. The molecule has 0 bridgehead atoms. The molecule has 0 spiro atoms. The average molecular weight is 190 g/mol. The van der Waals surface area contributed by atoms with Crippen LogP contribution in [-0.4, -0.2) is 19.0 Å². The maximum Gasteiger partial charge on any atom is 0.152 e. The van der Waals surface area contributed by atoms with Crippen molar-refractivity contribution in [3.05, 3.63) is 35.4 Å². The molecule has 2 heteroatoms. The number of aldehydes is 1. The molecule has 0 radical (unpaired) electrons. The summed E-state index contributed by atoms with van der Waals surface area (Å²) < 4.78 is 5.37. The molecule has 2 nitrogen and oxygen atoms in total. The van der Waals surface area contributed by atoms with Crippen LogP contribution in [-0.2, 0) is 16.0 Å². The Hall–Kier alpha value is -1.15. The number of ether oxygens (including phenoxy) is 1. The number of hydrogen-bond donors (Lipinski definition) is 0. The lowest BCUT2D eigenvalue weighted by molar-refractivity contribution is -0.128. The van der Waals surface area contributed by atoms with Gasteiger partial charge >= 0.3 is 0 Å². The largest absolute Gasteiger partial charge is 0.370 e. The van der Waals surface area contributed by atoms with Gasteiger partial charge in [-0.2, -0.15) is 0 Å². The molecule has 14 heavy (non-hydrogen) atoms. The Morgan fingerprint density at radius 2 is 2.21 bits per heavy atom. The molecule has 0 aromatic heterocycles. The van der Waals surface area contributed by atoms with Crippen molar-refractivity contribution < 1.29 is 9.53 Å². The summed E-state index contributed by atoms with van der Waals surface area (Å²) in [6.45, 7) is 2.05. The van der Waals surface area contributed by atoms with Gasteiger partial charge in [-0.3, -0.25) is 0 Å². The first-order chi connectivity index (χ1) is 6.73. The van der Waals surface area contributed by atoms with E-state index in [4.69, 9.17) is 4.74 Å². The molecular formula is C12H14O2. The van der Waals surface area contributed by atoms with Gasteiger partial charge in [0.2, 0.25) is 0 Å². The van der Waals surface area contributed by atoms with Gasteiger partial charge < -0.3 is 9.53 Å². The van der Waals surface area contributed by atoms with E-state index in [0.717, 1.165) is 6.29 Å². The molecule has 0 amide bonds. The predicted octanol–water partition coefficient (Wildman–Crippen LogP) is 1.93. The van der Waals surface area contributed by atoms with Crippen LogP contribution in [0.15, 0.2) is 24.3 Å². The third kappa shape index (κ3) is 1.11. The highest BCUT2D eigenvalue weighted by Crippen LogP contribution is 2.41. The molecule has 0 aliphatic heterocycles. The molecule has 2 atom stereocenters. The fourth-order valence-electron chi connectivity index (χ4n) is 2.27. The zero-order valence-electron chi connectivity index (χ0n) is 8.49. The molecule has 0 saturated carbocycles. The lowest BCUT2D eigenvalue weighted by Gasteiger charge is -2.25. The fourth-order valence-corrected chi connectivity index (χ4v) is 2.27. The van der Waals surface area contributed by atoms with E-state index in [2.05, 4.69) is 12.1 Å². The smallest absolute Gasteiger partial charge is 0.152 e. The second kappa shape index (κ2) is 3.21. The van der Waals surface area contributed by atoms with E-state index in [1.807, 2.05) is 19.1 Å². The van der Waals surface area contributed by atoms with Crippen molar-refractivity contribution in [2.24, 2.45) is 0 Å². The van der Waals surface area contributed by atoms with Crippen LogP contribution in [0, 0.1) is 0 Å². The number of rotatable bonds is 2. The summed E-state index contributed by atoms with van der Waals surface area (Å²) in [7, 11) is 1.61. The third-order valence-corrected chi connectivity index (χ3v) is 3.30. The average Bonchev–Trinajstić information content (AvgIpc) is 2.53. The van der Waals surface area contributed by atoms with Crippen LogP contribution in [0.4, 0.5) is 0 Å².